The Labute approximate surface area is 96.3 Å². The van der Waals surface area contributed by atoms with Crippen LogP contribution in [0.4, 0.5) is 0 Å². The van der Waals surface area contributed by atoms with E-state index in [0.29, 0.717) is 19.5 Å². The van der Waals surface area contributed by atoms with Crippen LogP contribution in [0.5, 0.6) is 0 Å². The summed E-state index contributed by atoms with van der Waals surface area (Å²) in [4.78, 5) is 15.5. The molecule has 0 saturated heterocycles. The molecule has 16 heavy (non-hydrogen) atoms. The van der Waals surface area contributed by atoms with E-state index < -0.39 is 0 Å². The van der Waals surface area contributed by atoms with Gasteiger partial charge < -0.3 is 11.1 Å². The van der Waals surface area contributed by atoms with Crippen molar-refractivity contribution in [3.8, 4) is 0 Å². The molecule has 1 atom stereocenters. The average molecular weight is 221 g/mol. The molecule has 0 aliphatic carbocycles. The van der Waals surface area contributed by atoms with Crippen LogP contribution < -0.4 is 11.1 Å². The first-order valence-electron chi connectivity index (χ1n) is 5.62. The number of nitrogens with zero attached hydrogens (tertiary/aromatic N) is 1. The Balaban J connectivity index is 2.30. The van der Waals surface area contributed by atoms with E-state index in [1.54, 1.807) is 12.4 Å². The van der Waals surface area contributed by atoms with E-state index in [-0.39, 0.29) is 11.8 Å². The molecule has 88 valence electrons. The van der Waals surface area contributed by atoms with Crippen LogP contribution in [0.25, 0.3) is 0 Å². The second kappa shape index (κ2) is 6.95. The number of rotatable bonds is 6. The van der Waals surface area contributed by atoms with Gasteiger partial charge in [0, 0.05) is 25.4 Å². The van der Waals surface area contributed by atoms with Gasteiger partial charge in [0.1, 0.15) is 0 Å². The van der Waals surface area contributed by atoms with E-state index in [9.17, 15) is 4.79 Å². The fourth-order valence-electron chi connectivity index (χ4n) is 1.43. The summed E-state index contributed by atoms with van der Waals surface area (Å²) in [5.74, 6) is 0.353. The largest absolute Gasteiger partial charge is 0.352 e. The number of carbonyl (C=O) groups is 1. The molecular weight excluding hydrogens is 202 g/mol. The molecule has 0 aliphatic rings. The van der Waals surface area contributed by atoms with Crippen LogP contribution in [-0.4, -0.2) is 17.4 Å². The topological polar surface area (TPSA) is 68.0 Å². The van der Waals surface area contributed by atoms with E-state index in [2.05, 4.69) is 10.3 Å². The summed E-state index contributed by atoms with van der Waals surface area (Å²) in [5.41, 5.74) is 6.61. The van der Waals surface area contributed by atoms with Crippen LogP contribution in [0.1, 0.15) is 25.3 Å². The fraction of sp³-hybridized carbons (Fsp3) is 0.500. The third-order valence-electron chi connectivity index (χ3n) is 2.62. The second-order valence-corrected chi connectivity index (χ2v) is 3.85. The minimum Gasteiger partial charge on any atom is -0.352 e. The summed E-state index contributed by atoms with van der Waals surface area (Å²) in [5, 5.41) is 2.88. The van der Waals surface area contributed by atoms with Gasteiger partial charge in [0.25, 0.3) is 0 Å². The lowest BCUT2D eigenvalue weighted by Crippen LogP contribution is -2.27. The SMILES string of the molecule is CCC(CN)CC(=O)NCc1ccncc1. The Morgan fingerprint density at radius 2 is 2.19 bits per heavy atom. The van der Waals surface area contributed by atoms with Crippen LogP contribution in [0, 0.1) is 5.92 Å². The highest BCUT2D eigenvalue weighted by Gasteiger charge is 2.09. The number of aromatic nitrogens is 1. The monoisotopic (exact) mass is 221 g/mol. The van der Waals surface area contributed by atoms with Crippen molar-refractivity contribution in [1.82, 2.24) is 10.3 Å². The number of nitrogens with two attached hydrogens (primary N) is 1. The summed E-state index contributed by atoms with van der Waals surface area (Å²) in [6, 6.07) is 3.78. The molecule has 0 spiro atoms. The van der Waals surface area contributed by atoms with Crippen molar-refractivity contribution in [2.24, 2.45) is 11.7 Å². The predicted molar refractivity (Wildman–Crippen MR) is 63.5 cm³/mol. The molecule has 0 aromatic carbocycles. The van der Waals surface area contributed by atoms with E-state index in [4.69, 9.17) is 5.73 Å². The zero-order valence-corrected chi connectivity index (χ0v) is 9.65. The molecule has 3 N–H and O–H groups in total. The Bertz CT molecular complexity index is 309. The van der Waals surface area contributed by atoms with Gasteiger partial charge in [-0.05, 0) is 30.2 Å². The predicted octanol–water partition coefficient (Wildman–Crippen LogP) is 1.07. The maximum atomic E-state index is 11.6. The Hall–Kier alpha value is -1.42. The Morgan fingerprint density at radius 3 is 2.75 bits per heavy atom. The number of hydrogen-bond acceptors (Lipinski definition) is 3. The molecule has 0 radical (unpaired) electrons. The van der Waals surface area contributed by atoms with Gasteiger partial charge >= 0.3 is 0 Å². The van der Waals surface area contributed by atoms with Crippen LogP contribution in [0.15, 0.2) is 24.5 Å². The van der Waals surface area contributed by atoms with Crippen molar-refractivity contribution in [3.05, 3.63) is 30.1 Å². The van der Waals surface area contributed by atoms with Crippen LogP contribution in [-0.2, 0) is 11.3 Å². The van der Waals surface area contributed by atoms with Crippen molar-refractivity contribution >= 4 is 5.91 Å². The Morgan fingerprint density at radius 1 is 1.50 bits per heavy atom. The molecule has 0 bridgehead atoms. The van der Waals surface area contributed by atoms with Gasteiger partial charge in [-0.3, -0.25) is 9.78 Å². The van der Waals surface area contributed by atoms with Gasteiger partial charge in [-0.1, -0.05) is 13.3 Å². The molecule has 0 aliphatic heterocycles. The third kappa shape index (κ3) is 4.40. The molecule has 1 aromatic heterocycles. The zero-order chi connectivity index (χ0) is 11.8. The molecule has 1 amide bonds. The normalized spacial score (nSPS) is 12.1. The first-order valence-corrected chi connectivity index (χ1v) is 5.62. The highest BCUT2D eigenvalue weighted by atomic mass is 16.1. The maximum Gasteiger partial charge on any atom is 0.220 e. The summed E-state index contributed by atoms with van der Waals surface area (Å²) in [6.45, 7) is 3.18. The van der Waals surface area contributed by atoms with Crippen molar-refractivity contribution in [3.63, 3.8) is 0 Å². The zero-order valence-electron chi connectivity index (χ0n) is 9.65. The first-order chi connectivity index (χ1) is 7.76. The number of hydrogen-bond donors (Lipinski definition) is 2. The van der Waals surface area contributed by atoms with Crippen molar-refractivity contribution in [1.29, 1.82) is 0 Å². The van der Waals surface area contributed by atoms with Gasteiger partial charge in [-0.15, -0.1) is 0 Å². The molecule has 1 heterocycles. The van der Waals surface area contributed by atoms with Gasteiger partial charge in [0.05, 0.1) is 0 Å². The molecule has 4 nitrogen and oxygen atoms in total. The lowest BCUT2D eigenvalue weighted by Gasteiger charge is -2.11. The van der Waals surface area contributed by atoms with Crippen molar-refractivity contribution in [2.75, 3.05) is 6.54 Å². The van der Waals surface area contributed by atoms with Gasteiger partial charge in [0.2, 0.25) is 5.91 Å². The highest BCUT2D eigenvalue weighted by Crippen LogP contribution is 2.05. The quantitative estimate of drug-likeness (QED) is 0.755. The van der Waals surface area contributed by atoms with E-state index in [1.807, 2.05) is 19.1 Å². The van der Waals surface area contributed by atoms with Crippen LogP contribution in [0.2, 0.25) is 0 Å². The minimum absolute atomic E-state index is 0.0640. The number of nitrogens with one attached hydrogen (secondary N) is 1. The number of pyridine rings is 1. The van der Waals surface area contributed by atoms with Gasteiger partial charge in [-0.25, -0.2) is 0 Å². The average Bonchev–Trinajstić information content (AvgIpc) is 2.34. The molecule has 1 aromatic rings. The van der Waals surface area contributed by atoms with Gasteiger partial charge in [-0.2, -0.15) is 0 Å². The highest BCUT2D eigenvalue weighted by molar-refractivity contribution is 5.76. The second-order valence-electron chi connectivity index (χ2n) is 3.85. The molecule has 1 unspecified atom stereocenters. The number of amides is 1. The number of carbonyl (C=O) groups excluding carboxylic acids is 1. The van der Waals surface area contributed by atoms with Crippen molar-refractivity contribution in [2.45, 2.75) is 26.3 Å². The lowest BCUT2D eigenvalue weighted by molar-refractivity contribution is -0.122. The first kappa shape index (κ1) is 12.6. The standard InChI is InChI=1S/C12H19N3O/c1-2-10(8-13)7-12(16)15-9-11-3-5-14-6-4-11/h3-6,10H,2,7-9,13H2,1H3,(H,15,16). The summed E-state index contributed by atoms with van der Waals surface area (Å²) in [6.07, 6.45) is 4.89. The smallest absolute Gasteiger partial charge is 0.220 e. The Kier molecular flexibility index (Phi) is 5.50. The van der Waals surface area contributed by atoms with Gasteiger partial charge in [0.15, 0.2) is 0 Å². The molecular formula is C12H19N3O. The summed E-state index contributed by atoms with van der Waals surface area (Å²) in [7, 11) is 0. The maximum absolute atomic E-state index is 11.6. The van der Waals surface area contributed by atoms with Crippen LogP contribution >= 0.6 is 0 Å². The minimum atomic E-state index is 0.0640. The third-order valence-corrected chi connectivity index (χ3v) is 2.62. The van der Waals surface area contributed by atoms with E-state index in [1.165, 1.54) is 0 Å². The summed E-state index contributed by atoms with van der Waals surface area (Å²) < 4.78 is 0. The van der Waals surface area contributed by atoms with Crippen LogP contribution in [0.3, 0.4) is 0 Å². The lowest BCUT2D eigenvalue weighted by atomic mass is 10.0. The molecule has 0 saturated carbocycles. The molecule has 1 rings (SSSR count). The molecule has 4 heteroatoms. The fourth-order valence-corrected chi connectivity index (χ4v) is 1.43. The molecule has 0 fully saturated rings. The van der Waals surface area contributed by atoms with E-state index in [0.717, 1.165) is 12.0 Å². The van der Waals surface area contributed by atoms with E-state index >= 15 is 0 Å². The van der Waals surface area contributed by atoms with Crippen molar-refractivity contribution < 1.29 is 4.79 Å². The summed E-state index contributed by atoms with van der Waals surface area (Å²) >= 11 is 0.